The van der Waals surface area contributed by atoms with Gasteiger partial charge in [-0.3, -0.25) is 9.69 Å². The number of carbonyl (C=O) groups excluding carboxylic acids is 1. The summed E-state index contributed by atoms with van der Waals surface area (Å²) in [6, 6.07) is 13.8. The van der Waals surface area contributed by atoms with Gasteiger partial charge in [0.2, 0.25) is 27.6 Å². The van der Waals surface area contributed by atoms with Crippen LogP contribution in [0.1, 0.15) is 18.7 Å². The van der Waals surface area contributed by atoms with Crippen molar-refractivity contribution in [2.45, 2.75) is 24.3 Å². The molecule has 2 saturated heterocycles. The Morgan fingerprint density at radius 3 is 2.37 bits per heavy atom. The van der Waals surface area contributed by atoms with Gasteiger partial charge in [-0.15, -0.1) is 0 Å². The third-order valence-corrected chi connectivity index (χ3v) is 8.78. The molecule has 2 aliphatic heterocycles. The Bertz CT molecular complexity index is 1330. The molecule has 202 valence electrons. The second-order valence-electron chi connectivity index (χ2n) is 9.32. The summed E-state index contributed by atoms with van der Waals surface area (Å²) in [5.41, 5.74) is 1.43. The normalized spacial score (nSPS) is 17.8. The van der Waals surface area contributed by atoms with Gasteiger partial charge in [0.1, 0.15) is 5.75 Å². The zero-order valence-electron chi connectivity index (χ0n) is 21.2. The molecule has 12 heteroatoms. The number of ether oxygens (including phenoxy) is 2. The van der Waals surface area contributed by atoms with Crippen molar-refractivity contribution in [1.82, 2.24) is 19.3 Å². The number of hydrogen-bond donors (Lipinski definition) is 1. The summed E-state index contributed by atoms with van der Waals surface area (Å²) in [6.45, 7) is 3.46. The average molecular weight is 542 g/mol. The standard InChI is InChI=1S/C26H31N5O6S/c1-35-22-6-2-19(3-7-22)25-28-24(37-29-25)18-30-12-10-20(11-13-30)26(32)27-21-4-8-23(9-5-21)38(33,34)31-14-16-36-17-15-31/h2-9,20H,10-18H2,1H3,(H,27,32). The number of amides is 1. The predicted octanol–water partition coefficient (Wildman–Crippen LogP) is 2.62. The van der Waals surface area contributed by atoms with Crippen LogP contribution in [0.15, 0.2) is 57.9 Å². The number of nitrogens with zero attached hydrogens (tertiary/aromatic N) is 4. The number of nitrogens with one attached hydrogen (secondary N) is 1. The largest absolute Gasteiger partial charge is 0.497 e. The average Bonchev–Trinajstić information content (AvgIpc) is 3.42. The Morgan fingerprint density at radius 1 is 1.03 bits per heavy atom. The van der Waals surface area contributed by atoms with Crippen molar-refractivity contribution in [1.29, 1.82) is 0 Å². The monoisotopic (exact) mass is 541 g/mol. The first kappa shape index (κ1) is 26.3. The molecule has 11 nitrogen and oxygen atoms in total. The van der Waals surface area contributed by atoms with E-state index in [1.54, 1.807) is 19.2 Å². The molecule has 2 aliphatic rings. The summed E-state index contributed by atoms with van der Waals surface area (Å²) in [5.74, 6) is 1.64. The van der Waals surface area contributed by atoms with Crippen LogP contribution in [0.2, 0.25) is 0 Å². The minimum Gasteiger partial charge on any atom is -0.497 e. The van der Waals surface area contributed by atoms with Gasteiger partial charge in [0, 0.05) is 30.3 Å². The molecule has 0 unspecified atom stereocenters. The molecule has 1 amide bonds. The number of methoxy groups -OCH3 is 1. The number of morpholine rings is 1. The first-order valence-corrected chi connectivity index (χ1v) is 14.0. The third-order valence-electron chi connectivity index (χ3n) is 6.86. The van der Waals surface area contributed by atoms with Crippen LogP contribution in [0.25, 0.3) is 11.4 Å². The smallest absolute Gasteiger partial charge is 0.243 e. The van der Waals surface area contributed by atoms with Gasteiger partial charge in [-0.05, 0) is 74.5 Å². The molecule has 2 aromatic carbocycles. The molecular weight excluding hydrogens is 510 g/mol. The maximum atomic E-state index is 12.8. The molecule has 0 bridgehead atoms. The van der Waals surface area contributed by atoms with E-state index in [-0.39, 0.29) is 16.7 Å². The quantitative estimate of drug-likeness (QED) is 0.458. The Morgan fingerprint density at radius 2 is 1.71 bits per heavy atom. The van der Waals surface area contributed by atoms with Crippen molar-refractivity contribution >= 4 is 21.6 Å². The lowest BCUT2D eigenvalue weighted by atomic mass is 9.96. The van der Waals surface area contributed by atoms with E-state index >= 15 is 0 Å². The highest BCUT2D eigenvalue weighted by Gasteiger charge is 2.28. The van der Waals surface area contributed by atoms with Gasteiger partial charge in [0.05, 0.1) is 31.8 Å². The minimum atomic E-state index is -3.56. The van der Waals surface area contributed by atoms with Crippen molar-refractivity contribution < 1.29 is 27.2 Å². The first-order chi connectivity index (χ1) is 18.4. The summed E-state index contributed by atoms with van der Waals surface area (Å²) in [7, 11) is -1.95. The molecule has 1 N–H and O–H groups in total. The molecule has 3 aromatic rings. The van der Waals surface area contributed by atoms with E-state index in [2.05, 4.69) is 20.4 Å². The van der Waals surface area contributed by atoms with E-state index < -0.39 is 10.0 Å². The van der Waals surface area contributed by atoms with Crippen LogP contribution in [-0.2, 0) is 26.1 Å². The van der Waals surface area contributed by atoms with Crippen molar-refractivity contribution in [3.8, 4) is 17.1 Å². The minimum absolute atomic E-state index is 0.0620. The Hall–Kier alpha value is -3.32. The molecule has 0 aliphatic carbocycles. The molecular formula is C26H31N5O6S. The molecule has 0 atom stereocenters. The maximum Gasteiger partial charge on any atom is 0.243 e. The summed E-state index contributed by atoms with van der Waals surface area (Å²) in [6.07, 6.45) is 1.41. The molecule has 2 fully saturated rings. The Kier molecular flexibility index (Phi) is 8.03. The fraction of sp³-hybridized carbons (Fsp3) is 0.423. The van der Waals surface area contributed by atoms with Gasteiger partial charge < -0.3 is 19.3 Å². The SMILES string of the molecule is COc1ccc(-c2noc(CN3CCC(C(=O)Nc4ccc(S(=O)(=O)N5CCOCC5)cc4)CC3)n2)cc1. The van der Waals surface area contributed by atoms with Gasteiger partial charge in [-0.2, -0.15) is 9.29 Å². The van der Waals surface area contributed by atoms with Crippen molar-refractivity contribution in [2.24, 2.45) is 5.92 Å². The Balaban J connectivity index is 1.10. The first-order valence-electron chi connectivity index (χ1n) is 12.6. The number of carbonyl (C=O) groups is 1. The fourth-order valence-electron chi connectivity index (χ4n) is 4.61. The van der Waals surface area contributed by atoms with Crippen LogP contribution >= 0.6 is 0 Å². The fourth-order valence-corrected chi connectivity index (χ4v) is 6.02. The summed E-state index contributed by atoms with van der Waals surface area (Å²) >= 11 is 0. The van der Waals surface area contributed by atoms with Gasteiger partial charge in [-0.1, -0.05) is 5.16 Å². The number of anilines is 1. The molecule has 0 radical (unpaired) electrons. The molecule has 38 heavy (non-hydrogen) atoms. The second-order valence-corrected chi connectivity index (χ2v) is 11.3. The number of benzene rings is 2. The topological polar surface area (TPSA) is 127 Å². The van der Waals surface area contributed by atoms with Crippen LogP contribution in [0, 0.1) is 5.92 Å². The van der Waals surface area contributed by atoms with E-state index in [4.69, 9.17) is 14.0 Å². The molecule has 1 aromatic heterocycles. The van der Waals surface area contributed by atoms with E-state index in [0.29, 0.717) is 63.1 Å². The third kappa shape index (κ3) is 6.04. The second kappa shape index (κ2) is 11.6. The van der Waals surface area contributed by atoms with Gasteiger partial charge in [-0.25, -0.2) is 8.42 Å². The summed E-state index contributed by atoms with van der Waals surface area (Å²) in [5, 5.41) is 7.01. The number of piperidine rings is 1. The molecule has 0 spiro atoms. The summed E-state index contributed by atoms with van der Waals surface area (Å²) in [4.78, 5) is 19.8. The maximum absolute atomic E-state index is 12.8. The van der Waals surface area contributed by atoms with E-state index in [1.165, 1.54) is 16.4 Å². The lowest BCUT2D eigenvalue weighted by Crippen LogP contribution is -2.40. The van der Waals surface area contributed by atoms with Crippen LogP contribution in [-0.4, -0.2) is 80.2 Å². The van der Waals surface area contributed by atoms with Crippen LogP contribution in [0.4, 0.5) is 5.69 Å². The highest BCUT2D eigenvalue weighted by Crippen LogP contribution is 2.24. The van der Waals surface area contributed by atoms with E-state index in [0.717, 1.165) is 24.4 Å². The molecule has 5 rings (SSSR count). The highest BCUT2D eigenvalue weighted by atomic mass is 32.2. The van der Waals surface area contributed by atoms with Gasteiger partial charge in [0.25, 0.3) is 0 Å². The van der Waals surface area contributed by atoms with Crippen LogP contribution in [0.3, 0.4) is 0 Å². The lowest BCUT2D eigenvalue weighted by Gasteiger charge is -2.30. The van der Waals surface area contributed by atoms with Crippen molar-refractivity contribution in [2.75, 3.05) is 51.8 Å². The number of hydrogen-bond acceptors (Lipinski definition) is 9. The predicted molar refractivity (Wildman–Crippen MR) is 139 cm³/mol. The zero-order valence-corrected chi connectivity index (χ0v) is 22.0. The summed E-state index contributed by atoms with van der Waals surface area (Å²) < 4.78 is 42.9. The molecule has 3 heterocycles. The highest BCUT2D eigenvalue weighted by molar-refractivity contribution is 7.89. The number of rotatable bonds is 8. The molecule has 0 saturated carbocycles. The Labute approximate surface area is 221 Å². The van der Waals surface area contributed by atoms with Gasteiger partial charge in [0.15, 0.2) is 0 Å². The lowest BCUT2D eigenvalue weighted by molar-refractivity contribution is -0.121. The van der Waals surface area contributed by atoms with Gasteiger partial charge >= 0.3 is 0 Å². The zero-order chi connectivity index (χ0) is 26.5. The number of likely N-dealkylation sites (tertiary alicyclic amines) is 1. The van der Waals surface area contributed by atoms with Crippen molar-refractivity contribution in [3.63, 3.8) is 0 Å². The van der Waals surface area contributed by atoms with E-state index in [1.807, 2.05) is 24.3 Å². The number of sulfonamides is 1. The van der Waals surface area contributed by atoms with Crippen molar-refractivity contribution in [3.05, 3.63) is 54.4 Å². The number of aromatic nitrogens is 2. The van der Waals surface area contributed by atoms with E-state index in [9.17, 15) is 13.2 Å². The van der Waals surface area contributed by atoms with Crippen LogP contribution < -0.4 is 10.1 Å². The van der Waals surface area contributed by atoms with Crippen LogP contribution in [0.5, 0.6) is 5.75 Å².